The largest absolute Gasteiger partial charge is 0.351 e. The summed E-state index contributed by atoms with van der Waals surface area (Å²) in [4.78, 5) is 12.6. The molecule has 0 spiro atoms. The van der Waals surface area contributed by atoms with Crippen molar-refractivity contribution in [3.63, 3.8) is 0 Å². The fourth-order valence-electron chi connectivity index (χ4n) is 2.06. The van der Waals surface area contributed by atoms with E-state index in [1.807, 2.05) is 17.5 Å². The molecule has 0 radical (unpaired) electrons. The number of carbonyl (C=O) groups excluding carboxylic acids is 1. The Morgan fingerprint density at radius 3 is 3.19 bits per heavy atom. The van der Waals surface area contributed by atoms with Crippen LogP contribution in [0.4, 0.5) is 0 Å². The van der Waals surface area contributed by atoms with Crippen molar-refractivity contribution < 1.29 is 4.79 Å². The minimum absolute atomic E-state index is 0.0572. The Balaban J connectivity index is 1.84. The van der Waals surface area contributed by atoms with Crippen LogP contribution in [0.1, 0.15) is 29.4 Å². The molecule has 1 aliphatic rings. The molecular formula is C12H18N2OS. The van der Waals surface area contributed by atoms with Gasteiger partial charge in [-0.05, 0) is 36.2 Å². The maximum Gasteiger partial charge on any atom is 0.261 e. The third-order valence-corrected chi connectivity index (χ3v) is 3.97. The van der Waals surface area contributed by atoms with Crippen LogP contribution in [0.25, 0.3) is 0 Å². The third kappa shape index (κ3) is 2.83. The molecule has 1 atom stereocenters. The lowest BCUT2D eigenvalue weighted by atomic mass is 9.83. The number of hydrogen-bond acceptors (Lipinski definition) is 3. The van der Waals surface area contributed by atoms with E-state index in [0.29, 0.717) is 0 Å². The molecule has 1 aromatic rings. The summed E-state index contributed by atoms with van der Waals surface area (Å²) in [6, 6.07) is 3.77. The number of piperidine rings is 1. The summed E-state index contributed by atoms with van der Waals surface area (Å²) in [5.74, 6) is 0.0572. The molecule has 4 heteroatoms. The van der Waals surface area contributed by atoms with E-state index in [-0.39, 0.29) is 11.3 Å². The van der Waals surface area contributed by atoms with Crippen LogP contribution in [0.2, 0.25) is 0 Å². The standard InChI is InChI=1S/C12H18N2OS/c1-12(5-3-6-13-8-12)9-14-11(15)10-4-2-7-16-10/h2,4,7,13H,3,5-6,8-9H2,1H3,(H,14,15). The SMILES string of the molecule is CC1(CNC(=O)c2cccs2)CCCNC1. The number of thiophene rings is 1. The van der Waals surface area contributed by atoms with Crippen molar-refractivity contribution in [2.24, 2.45) is 5.41 Å². The van der Waals surface area contributed by atoms with Crippen LogP contribution in [0.3, 0.4) is 0 Å². The monoisotopic (exact) mass is 238 g/mol. The molecule has 16 heavy (non-hydrogen) atoms. The molecule has 1 amide bonds. The van der Waals surface area contributed by atoms with E-state index in [0.717, 1.165) is 24.5 Å². The van der Waals surface area contributed by atoms with Gasteiger partial charge < -0.3 is 10.6 Å². The summed E-state index contributed by atoms with van der Waals surface area (Å²) in [6.07, 6.45) is 2.39. The molecular weight excluding hydrogens is 220 g/mol. The number of hydrogen-bond donors (Lipinski definition) is 2. The molecule has 3 nitrogen and oxygen atoms in total. The molecule has 0 saturated carbocycles. The molecule has 1 fully saturated rings. The third-order valence-electron chi connectivity index (χ3n) is 3.11. The molecule has 0 aliphatic carbocycles. The van der Waals surface area contributed by atoms with E-state index in [1.54, 1.807) is 0 Å². The zero-order valence-corrected chi connectivity index (χ0v) is 10.4. The molecule has 0 aromatic carbocycles. The van der Waals surface area contributed by atoms with Crippen molar-refractivity contribution in [3.05, 3.63) is 22.4 Å². The smallest absolute Gasteiger partial charge is 0.261 e. The summed E-state index contributed by atoms with van der Waals surface area (Å²) in [7, 11) is 0. The topological polar surface area (TPSA) is 41.1 Å². The highest BCUT2D eigenvalue weighted by Crippen LogP contribution is 2.24. The number of rotatable bonds is 3. The first kappa shape index (κ1) is 11.6. The second-order valence-electron chi connectivity index (χ2n) is 4.75. The molecule has 2 rings (SSSR count). The van der Waals surface area contributed by atoms with Crippen molar-refractivity contribution in [2.75, 3.05) is 19.6 Å². The van der Waals surface area contributed by atoms with Gasteiger partial charge in [0.05, 0.1) is 4.88 Å². The average molecular weight is 238 g/mol. The van der Waals surface area contributed by atoms with Crippen molar-refractivity contribution in [3.8, 4) is 0 Å². The highest BCUT2D eigenvalue weighted by atomic mass is 32.1. The van der Waals surface area contributed by atoms with Gasteiger partial charge in [-0.1, -0.05) is 13.0 Å². The first-order valence-electron chi connectivity index (χ1n) is 5.72. The van der Waals surface area contributed by atoms with Crippen molar-refractivity contribution >= 4 is 17.2 Å². The van der Waals surface area contributed by atoms with Crippen LogP contribution < -0.4 is 10.6 Å². The number of amides is 1. The van der Waals surface area contributed by atoms with Crippen LogP contribution in [-0.2, 0) is 0 Å². The lowest BCUT2D eigenvalue weighted by Crippen LogP contribution is -2.45. The Hall–Kier alpha value is -0.870. The van der Waals surface area contributed by atoms with Gasteiger partial charge in [0.2, 0.25) is 0 Å². The molecule has 1 unspecified atom stereocenters. The van der Waals surface area contributed by atoms with E-state index in [9.17, 15) is 4.79 Å². The van der Waals surface area contributed by atoms with E-state index >= 15 is 0 Å². The summed E-state index contributed by atoms with van der Waals surface area (Å²) in [5.41, 5.74) is 0.213. The second-order valence-corrected chi connectivity index (χ2v) is 5.70. The number of nitrogens with one attached hydrogen (secondary N) is 2. The van der Waals surface area contributed by atoms with Gasteiger partial charge in [-0.2, -0.15) is 0 Å². The number of carbonyl (C=O) groups is 1. The molecule has 2 heterocycles. The predicted octanol–water partition coefficient (Wildman–Crippen LogP) is 1.87. The lowest BCUT2D eigenvalue weighted by molar-refractivity contribution is 0.0929. The first-order valence-corrected chi connectivity index (χ1v) is 6.60. The minimum atomic E-state index is 0.0572. The Kier molecular flexibility index (Phi) is 3.61. The van der Waals surface area contributed by atoms with Gasteiger partial charge in [-0.25, -0.2) is 0 Å². The first-order chi connectivity index (χ1) is 7.70. The van der Waals surface area contributed by atoms with Crippen LogP contribution in [0.15, 0.2) is 17.5 Å². The Morgan fingerprint density at radius 2 is 2.56 bits per heavy atom. The fraction of sp³-hybridized carbons (Fsp3) is 0.583. The Bertz CT molecular complexity index is 342. The van der Waals surface area contributed by atoms with Gasteiger partial charge in [-0.3, -0.25) is 4.79 Å². The molecule has 1 aliphatic heterocycles. The quantitative estimate of drug-likeness (QED) is 0.844. The van der Waals surface area contributed by atoms with Crippen molar-refractivity contribution in [2.45, 2.75) is 19.8 Å². The van der Waals surface area contributed by atoms with Crippen LogP contribution in [-0.4, -0.2) is 25.5 Å². The van der Waals surface area contributed by atoms with E-state index in [2.05, 4.69) is 17.6 Å². The highest BCUT2D eigenvalue weighted by molar-refractivity contribution is 7.12. The zero-order chi connectivity index (χ0) is 11.4. The fourth-order valence-corrected chi connectivity index (χ4v) is 2.70. The van der Waals surface area contributed by atoms with Crippen LogP contribution >= 0.6 is 11.3 Å². The maximum absolute atomic E-state index is 11.8. The van der Waals surface area contributed by atoms with E-state index < -0.39 is 0 Å². The van der Waals surface area contributed by atoms with Crippen LogP contribution in [0, 0.1) is 5.41 Å². The highest BCUT2D eigenvalue weighted by Gasteiger charge is 2.27. The van der Waals surface area contributed by atoms with Gasteiger partial charge in [0.1, 0.15) is 0 Å². The molecule has 1 saturated heterocycles. The summed E-state index contributed by atoms with van der Waals surface area (Å²) in [5, 5.41) is 8.34. The Morgan fingerprint density at radius 1 is 1.69 bits per heavy atom. The predicted molar refractivity (Wildman–Crippen MR) is 66.9 cm³/mol. The summed E-state index contributed by atoms with van der Waals surface area (Å²) < 4.78 is 0. The molecule has 88 valence electrons. The maximum atomic E-state index is 11.8. The van der Waals surface area contributed by atoms with Gasteiger partial charge in [0, 0.05) is 13.1 Å². The van der Waals surface area contributed by atoms with Gasteiger partial charge >= 0.3 is 0 Å². The van der Waals surface area contributed by atoms with Gasteiger partial charge in [0.25, 0.3) is 5.91 Å². The zero-order valence-electron chi connectivity index (χ0n) is 9.58. The molecule has 1 aromatic heterocycles. The summed E-state index contributed by atoms with van der Waals surface area (Å²) in [6.45, 7) is 5.09. The van der Waals surface area contributed by atoms with E-state index in [4.69, 9.17) is 0 Å². The van der Waals surface area contributed by atoms with Crippen LogP contribution in [0.5, 0.6) is 0 Å². The normalized spacial score (nSPS) is 25.3. The van der Waals surface area contributed by atoms with Crippen molar-refractivity contribution in [1.29, 1.82) is 0 Å². The average Bonchev–Trinajstić information content (AvgIpc) is 2.80. The van der Waals surface area contributed by atoms with E-state index in [1.165, 1.54) is 24.2 Å². The minimum Gasteiger partial charge on any atom is -0.351 e. The lowest BCUT2D eigenvalue weighted by Gasteiger charge is -2.34. The summed E-state index contributed by atoms with van der Waals surface area (Å²) >= 11 is 1.49. The van der Waals surface area contributed by atoms with Gasteiger partial charge in [-0.15, -0.1) is 11.3 Å². The van der Waals surface area contributed by atoms with Crippen molar-refractivity contribution in [1.82, 2.24) is 10.6 Å². The second kappa shape index (κ2) is 4.97. The Labute approximate surface area is 100 Å². The molecule has 2 N–H and O–H groups in total. The van der Waals surface area contributed by atoms with Gasteiger partial charge in [0.15, 0.2) is 0 Å². The molecule has 0 bridgehead atoms.